The van der Waals surface area contributed by atoms with E-state index < -0.39 is 0 Å². The first-order valence-electron chi connectivity index (χ1n) is 10.9. The lowest BCUT2D eigenvalue weighted by atomic mass is 10.0. The maximum atomic E-state index is 12.0. The van der Waals surface area contributed by atoms with E-state index in [2.05, 4.69) is 21.8 Å². The Hall–Kier alpha value is -4.02. The number of nitrogens with two attached hydrogens (primary N) is 1. The normalized spacial score (nSPS) is 14.9. The van der Waals surface area contributed by atoms with Gasteiger partial charge in [0.05, 0.1) is 17.8 Å². The lowest BCUT2D eigenvalue weighted by Gasteiger charge is -2.13. The van der Waals surface area contributed by atoms with Crippen LogP contribution in [-0.2, 0) is 4.79 Å². The minimum absolute atomic E-state index is 0.107. The van der Waals surface area contributed by atoms with Gasteiger partial charge in [-0.05, 0) is 55.7 Å². The van der Waals surface area contributed by atoms with Crippen LogP contribution in [0.1, 0.15) is 24.5 Å². The van der Waals surface area contributed by atoms with E-state index in [1.54, 1.807) is 18.0 Å². The van der Waals surface area contributed by atoms with Gasteiger partial charge in [0.1, 0.15) is 17.8 Å². The number of likely N-dealkylation sites (tertiary alicyclic amines) is 1. The predicted octanol–water partition coefficient (Wildman–Crippen LogP) is 2.75. The molecule has 2 aromatic carbocycles. The summed E-state index contributed by atoms with van der Waals surface area (Å²) in [5.41, 5.74) is 1.79. The fourth-order valence-corrected chi connectivity index (χ4v) is 3.84. The number of carbonyl (C=O) groups is 1. The molecule has 3 aromatic rings. The molecule has 1 aromatic heterocycles. The summed E-state index contributed by atoms with van der Waals surface area (Å²) in [6, 6.07) is 17.0. The maximum absolute atomic E-state index is 12.0. The van der Waals surface area contributed by atoms with Gasteiger partial charge in [-0.25, -0.2) is 4.98 Å². The Kier molecular flexibility index (Phi) is 7.08. The highest BCUT2D eigenvalue weighted by atomic mass is 16.5. The van der Waals surface area contributed by atoms with Crippen LogP contribution in [0.3, 0.4) is 0 Å². The SMILES string of the molecule is CC#CC(=O)N1CC[C@@H](C[NH2+]c2ncncc2C(=N)c2ccc(Oc3ccccc3)cc2)C1. The summed E-state index contributed by atoms with van der Waals surface area (Å²) in [5, 5.41) is 10.8. The molecule has 1 aliphatic heterocycles. The lowest BCUT2D eigenvalue weighted by Crippen LogP contribution is -2.80. The van der Waals surface area contributed by atoms with Gasteiger partial charge in [0, 0.05) is 30.8 Å². The number of aromatic nitrogens is 2. The molecular formula is C26H26N5O2+. The number of ether oxygens (including phenoxy) is 1. The Labute approximate surface area is 193 Å². The number of nitrogens with zero attached hydrogens (tertiary/aromatic N) is 3. The Morgan fingerprint density at radius 2 is 1.94 bits per heavy atom. The average molecular weight is 441 g/mol. The van der Waals surface area contributed by atoms with E-state index in [0.29, 0.717) is 29.5 Å². The average Bonchev–Trinajstić information content (AvgIpc) is 3.33. The molecule has 1 saturated heterocycles. The minimum atomic E-state index is -0.107. The van der Waals surface area contributed by atoms with E-state index >= 15 is 0 Å². The first-order valence-corrected chi connectivity index (χ1v) is 10.9. The van der Waals surface area contributed by atoms with Gasteiger partial charge in [-0.15, -0.1) is 0 Å². The van der Waals surface area contributed by atoms with Gasteiger partial charge in [-0.1, -0.05) is 24.1 Å². The fraction of sp³-hybridized carbons (Fsp3) is 0.231. The van der Waals surface area contributed by atoms with Crippen molar-refractivity contribution >= 4 is 17.4 Å². The summed E-state index contributed by atoms with van der Waals surface area (Å²) in [6.07, 6.45) is 4.12. The molecular weight excluding hydrogens is 414 g/mol. The van der Waals surface area contributed by atoms with Crippen molar-refractivity contribution in [3.05, 3.63) is 78.2 Å². The predicted molar refractivity (Wildman–Crippen MR) is 126 cm³/mol. The highest BCUT2D eigenvalue weighted by molar-refractivity contribution is 6.12. The summed E-state index contributed by atoms with van der Waals surface area (Å²) in [5.74, 6) is 7.74. The second kappa shape index (κ2) is 10.5. The van der Waals surface area contributed by atoms with Crippen LogP contribution < -0.4 is 10.1 Å². The molecule has 3 N–H and O–H groups in total. The lowest BCUT2D eigenvalue weighted by molar-refractivity contribution is -0.581. The molecule has 1 aliphatic rings. The summed E-state index contributed by atoms with van der Waals surface area (Å²) in [6.45, 7) is 3.89. The molecule has 33 heavy (non-hydrogen) atoms. The second-order valence-corrected chi connectivity index (χ2v) is 7.86. The van der Waals surface area contributed by atoms with Crippen LogP contribution in [0.5, 0.6) is 11.5 Å². The van der Waals surface area contributed by atoms with Gasteiger partial charge in [0.15, 0.2) is 0 Å². The Morgan fingerprint density at radius 3 is 2.70 bits per heavy atom. The van der Waals surface area contributed by atoms with Gasteiger partial charge in [0.2, 0.25) is 5.82 Å². The zero-order valence-electron chi connectivity index (χ0n) is 18.5. The molecule has 1 amide bonds. The van der Waals surface area contributed by atoms with Gasteiger partial charge < -0.3 is 9.64 Å². The third-order valence-corrected chi connectivity index (χ3v) is 5.58. The van der Waals surface area contributed by atoms with Crippen molar-refractivity contribution in [3.8, 4) is 23.3 Å². The number of hydrogen-bond donors (Lipinski definition) is 2. The van der Waals surface area contributed by atoms with E-state index in [0.717, 1.165) is 36.6 Å². The summed E-state index contributed by atoms with van der Waals surface area (Å²) in [4.78, 5) is 22.3. The van der Waals surface area contributed by atoms with E-state index in [-0.39, 0.29) is 5.91 Å². The first kappa shape index (κ1) is 22.2. The van der Waals surface area contributed by atoms with Crippen LogP contribution in [0.15, 0.2) is 67.1 Å². The molecule has 0 radical (unpaired) electrons. The van der Waals surface area contributed by atoms with Gasteiger partial charge in [-0.3, -0.25) is 15.5 Å². The number of carbonyl (C=O) groups excluding carboxylic acids is 1. The molecule has 1 atom stereocenters. The molecule has 7 nitrogen and oxygen atoms in total. The number of quaternary nitrogens is 1. The maximum Gasteiger partial charge on any atom is 0.298 e. The molecule has 4 rings (SSSR count). The quantitative estimate of drug-likeness (QED) is 0.436. The standard InChI is InChI=1S/C26H25N5O2/c1-2-6-24(32)31-14-13-19(17-31)15-29-26-23(16-28-18-30-26)25(27)20-9-11-22(12-10-20)33-21-7-4-3-5-8-21/h3-5,7-12,16,18-19,27H,13-15,17H2,1H3,(H,28,29,30)/p+1/t19-/m0/s1. The highest BCUT2D eigenvalue weighted by Gasteiger charge is 2.27. The van der Waals surface area contributed by atoms with Crippen LogP contribution in [0.25, 0.3) is 0 Å². The number of benzene rings is 2. The van der Waals surface area contributed by atoms with Crippen LogP contribution in [0, 0.1) is 23.2 Å². The molecule has 0 unspecified atom stereocenters. The van der Waals surface area contributed by atoms with E-state index in [4.69, 9.17) is 10.1 Å². The van der Waals surface area contributed by atoms with Crippen molar-refractivity contribution in [2.45, 2.75) is 13.3 Å². The molecule has 2 heterocycles. The van der Waals surface area contributed by atoms with Crippen LogP contribution >= 0.6 is 0 Å². The zero-order chi connectivity index (χ0) is 23.0. The van der Waals surface area contributed by atoms with Crippen molar-refractivity contribution < 1.29 is 14.8 Å². The van der Waals surface area contributed by atoms with Crippen LogP contribution in [-0.4, -0.2) is 46.1 Å². The van der Waals surface area contributed by atoms with E-state index in [1.165, 1.54) is 6.33 Å². The zero-order valence-corrected chi connectivity index (χ0v) is 18.5. The number of amides is 1. The van der Waals surface area contributed by atoms with Gasteiger partial charge in [0.25, 0.3) is 5.91 Å². The molecule has 7 heteroatoms. The summed E-state index contributed by atoms with van der Waals surface area (Å²) in [7, 11) is 0. The monoisotopic (exact) mass is 440 g/mol. The number of hydrogen-bond acceptors (Lipinski definition) is 5. The van der Waals surface area contributed by atoms with Crippen molar-refractivity contribution in [2.75, 3.05) is 19.6 Å². The third kappa shape index (κ3) is 5.62. The number of rotatable bonds is 7. The van der Waals surface area contributed by atoms with Crippen LogP contribution in [0.2, 0.25) is 0 Å². The van der Waals surface area contributed by atoms with Crippen molar-refractivity contribution in [3.63, 3.8) is 0 Å². The van der Waals surface area contributed by atoms with Gasteiger partial charge >= 0.3 is 0 Å². The molecule has 0 aliphatic carbocycles. The molecule has 1 fully saturated rings. The Morgan fingerprint density at radius 1 is 1.18 bits per heavy atom. The minimum Gasteiger partial charge on any atom is -0.457 e. The molecule has 0 spiro atoms. The summed E-state index contributed by atoms with van der Waals surface area (Å²) < 4.78 is 5.84. The van der Waals surface area contributed by atoms with E-state index in [9.17, 15) is 4.79 Å². The van der Waals surface area contributed by atoms with Crippen molar-refractivity contribution in [1.82, 2.24) is 14.9 Å². The van der Waals surface area contributed by atoms with Crippen LogP contribution in [0.4, 0.5) is 5.82 Å². The molecule has 166 valence electrons. The summed E-state index contributed by atoms with van der Waals surface area (Å²) >= 11 is 0. The van der Waals surface area contributed by atoms with E-state index in [1.807, 2.05) is 59.9 Å². The Balaban J connectivity index is 1.40. The smallest absolute Gasteiger partial charge is 0.298 e. The topological polar surface area (TPSA) is 95.8 Å². The largest absolute Gasteiger partial charge is 0.457 e. The molecule has 0 saturated carbocycles. The fourth-order valence-electron chi connectivity index (χ4n) is 3.84. The first-order chi connectivity index (χ1) is 16.1. The second-order valence-electron chi connectivity index (χ2n) is 7.86. The number of para-hydroxylation sites is 1. The van der Waals surface area contributed by atoms with Crippen molar-refractivity contribution in [2.24, 2.45) is 5.92 Å². The molecule has 0 bridgehead atoms. The van der Waals surface area contributed by atoms with Gasteiger partial charge in [-0.2, -0.15) is 4.98 Å². The van der Waals surface area contributed by atoms with Crippen molar-refractivity contribution in [1.29, 1.82) is 5.41 Å². The highest BCUT2D eigenvalue weighted by Crippen LogP contribution is 2.22. The Bertz CT molecular complexity index is 1180. The number of nitrogens with one attached hydrogen (secondary N) is 1. The third-order valence-electron chi connectivity index (χ3n) is 5.58.